The highest BCUT2D eigenvalue weighted by atomic mass is 35.5. The van der Waals surface area contributed by atoms with E-state index in [0.29, 0.717) is 17.8 Å². The van der Waals surface area contributed by atoms with Gasteiger partial charge in [-0.15, -0.1) is 10.2 Å². The largest absolute Gasteiger partial charge is 0.346 e. The monoisotopic (exact) mass is 311 g/mol. The number of amides is 1. The van der Waals surface area contributed by atoms with Crippen molar-refractivity contribution in [1.29, 1.82) is 0 Å². The molecule has 21 heavy (non-hydrogen) atoms. The topological polar surface area (TPSA) is 83.6 Å². The van der Waals surface area contributed by atoms with E-state index in [0.717, 1.165) is 6.42 Å². The second-order valence-electron chi connectivity index (χ2n) is 4.59. The maximum absolute atomic E-state index is 13.0. The van der Waals surface area contributed by atoms with Crippen LogP contribution in [0.1, 0.15) is 37.2 Å². The van der Waals surface area contributed by atoms with E-state index in [-0.39, 0.29) is 23.4 Å². The molecule has 112 valence electrons. The number of halogens is 2. The van der Waals surface area contributed by atoms with Crippen LogP contribution in [0.5, 0.6) is 0 Å². The van der Waals surface area contributed by atoms with Gasteiger partial charge >= 0.3 is 0 Å². The molecule has 1 aromatic heterocycles. The Kier molecular flexibility index (Phi) is 5.21. The number of rotatable bonds is 6. The Morgan fingerprint density at radius 1 is 1.52 bits per heavy atom. The molecule has 2 rings (SSSR count). The highest BCUT2D eigenvalue weighted by Gasteiger charge is 2.18. The van der Waals surface area contributed by atoms with Crippen molar-refractivity contribution in [2.45, 2.75) is 32.2 Å². The number of hydrogen-bond acceptors (Lipinski definition) is 4. The van der Waals surface area contributed by atoms with Gasteiger partial charge in [0.05, 0.1) is 12.5 Å². The van der Waals surface area contributed by atoms with Crippen LogP contribution in [-0.4, -0.2) is 26.5 Å². The van der Waals surface area contributed by atoms with E-state index in [1.54, 1.807) is 0 Å². The summed E-state index contributed by atoms with van der Waals surface area (Å²) in [5, 5.41) is 16.7. The summed E-state index contributed by atoms with van der Waals surface area (Å²) in [5.74, 6) is -0.220. The van der Waals surface area contributed by atoms with Crippen molar-refractivity contribution in [3.63, 3.8) is 0 Å². The Balaban J connectivity index is 2.02. The Morgan fingerprint density at radius 2 is 2.33 bits per heavy atom. The number of H-pyrrole nitrogens is 1. The zero-order valence-corrected chi connectivity index (χ0v) is 12.2. The highest BCUT2D eigenvalue weighted by Crippen LogP contribution is 2.19. The van der Waals surface area contributed by atoms with Gasteiger partial charge in [-0.3, -0.25) is 4.79 Å². The highest BCUT2D eigenvalue weighted by molar-refractivity contribution is 6.31. The molecular formula is C13H15ClFN5O. The van der Waals surface area contributed by atoms with Crippen LogP contribution in [0.15, 0.2) is 18.2 Å². The predicted molar refractivity (Wildman–Crippen MR) is 75.1 cm³/mol. The van der Waals surface area contributed by atoms with E-state index in [4.69, 9.17) is 11.6 Å². The van der Waals surface area contributed by atoms with E-state index in [9.17, 15) is 9.18 Å². The van der Waals surface area contributed by atoms with Crippen LogP contribution in [0, 0.1) is 5.82 Å². The van der Waals surface area contributed by atoms with E-state index in [1.807, 2.05) is 6.92 Å². The number of tetrazole rings is 1. The number of benzene rings is 1. The van der Waals surface area contributed by atoms with Crippen molar-refractivity contribution >= 4 is 17.5 Å². The molecule has 0 spiro atoms. The summed E-state index contributed by atoms with van der Waals surface area (Å²) < 4.78 is 13.0. The minimum absolute atomic E-state index is 0.0666. The van der Waals surface area contributed by atoms with Crippen LogP contribution in [0.4, 0.5) is 4.39 Å². The zero-order valence-electron chi connectivity index (χ0n) is 11.4. The molecule has 1 atom stereocenters. The number of hydrogen-bond donors (Lipinski definition) is 2. The van der Waals surface area contributed by atoms with Crippen molar-refractivity contribution in [3.05, 3.63) is 40.4 Å². The molecule has 0 aliphatic rings. The Bertz CT molecular complexity index is 605. The van der Waals surface area contributed by atoms with Gasteiger partial charge in [0.1, 0.15) is 5.82 Å². The van der Waals surface area contributed by atoms with Gasteiger partial charge < -0.3 is 5.32 Å². The van der Waals surface area contributed by atoms with Crippen molar-refractivity contribution < 1.29 is 9.18 Å². The maximum atomic E-state index is 13.0. The Labute approximate surface area is 126 Å². The molecule has 0 fully saturated rings. The first-order valence-electron chi connectivity index (χ1n) is 6.56. The predicted octanol–water partition coefficient (Wildman–Crippen LogP) is 2.19. The van der Waals surface area contributed by atoms with Crippen LogP contribution in [-0.2, 0) is 11.2 Å². The summed E-state index contributed by atoms with van der Waals surface area (Å²) in [5.41, 5.74) is 0.568. The fraction of sp³-hybridized carbons (Fsp3) is 0.385. The smallest absolute Gasteiger partial charge is 0.225 e. The quantitative estimate of drug-likeness (QED) is 0.856. The summed E-state index contributed by atoms with van der Waals surface area (Å²) in [4.78, 5) is 12.1. The van der Waals surface area contributed by atoms with E-state index >= 15 is 0 Å². The van der Waals surface area contributed by atoms with Crippen LogP contribution in [0.3, 0.4) is 0 Å². The van der Waals surface area contributed by atoms with Crippen molar-refractivity contribution in [1.82, 2.24) is 25.9 Å². The van der Waals surface area contributed by atoms with Crippen molar-refractivity contribution in [3.8, 4) is 0 Å². The average Bonchev–Trinajstić information content (AvgIpc) is 2.95. The second kappa shape index (κ2) is 7.12. The maximum Gasteiger partial charge on any atom is 0.225 e. The van der Waals surface area contributed by atoms with Crippen LogP contribution < -0.4 is 5.32 Å². The molecule has 2 aromatic rings. The summed E-state index contributed by atoms with van der Waals surface area (Å²) in [6.07, 6.45) is 1.62. The standard InChI is InChI=1S/C13H15ClFN5O/c1-2-3-11(13-17-19-20-18-13)16-12(21)6-8-4-5-9(15)7-10(8)14/h4-5,7,11H,2-3,6H2,1H3,(H,16,21)(H,17,18,19,20)/t11-/m1/s1. The lowest BCUT2D eigenvalue weighted by Gasteiger charge is -2.14. The number of carbonyl (C=O) groups is 1. The number of aromatic nitrogens is 4. The molecule has 0 saturated carbocycles. The molecular weight excluding hydrogens is 297 g/mol. The zero-order chi connectivity index (χ0) is 15.2. The fourth-order valence-electron chi connectivity index (χ4n) is 1.96. The number of nitrogens with one attached hydrogen (secondary N) is 2. The third kappa shape index (κ3) is 4.22. The second-order valence-corrected chi connectivity index (χ2v) is 5.00. The van der Waals surface area contributed by atoms with Gasteiger partial charge in [-0.05, 0) is 24.1 Å². The molecule has 0 bridgehead atoms. The minimum atomic E-state index is -0.431. The van der Waals surface area contributed by atoms with E-state index in [1.165, 1.54) is 18.2 Å². The van der Waals surface area contributed by atoms with Gasteiger partial charge in [0.15, 0.2) is 5.82 Å². The lowest BCUT2D eigenvalue weighted by molar-refractivity contribution is -0.121. The van der Waals surface area contributed by atoms with Gasteiger partial charge in [-0.25, -0.2) is 4.39 Å². The first-order valence-corrected chi connectivity index (χ1v) is 6.94. The molecule has 1 aromatic carbocycles. The van der Waals surface area contributed by atoms with E-state index in [2.05, 4.69) is 25.9 Å². The van der Waals surface area contributed by atoms with Crippen LogP contribution in [0.25, 0.3) is 0 Å². The normalized spacial score (nSPS) is 12.1. The fourth-order valence-corrected chi connectivity index (χ4v) is 2.19. The first kappa shape index (κ1) is 15.4. The van der Waals surface area contributed by atoms with Gasteiger partial charge in [0, 0.05) is 5.02 Å². The number of aromatic amines is 1. The van der Waals surface area contributed by atoms with E-state index < -0.39 is 5.82 Å². The van der Waals surface area contributed by atoms with Gasteiger partial charge in [-0.1, -0.05) is 36.2 Å². The summed E-state index contributed by atoms with van der Waals surface area (Å²) in [6, 6.07) is 3.66. The van der Waals surface area contributed by atoms with Gasteiger partial charge in [0.2, 0.25) is 5.91 Å². The summed E-state index contributed by atoms with van der Waals surface area (Å²) in [6.45, 7) is 2.00. The number of carbonyl (C=O) groups excluding carboxylic acids is 1. The van der Waals surface area contributed by atoms with Crippen LogP contribution in [0.2, 0.25) is 5.02 Å². The van der Waals surface area contributed by atoms with Crippen molar-refractivity contribution in [2.75, 3.05) is 0 Å². The molecule has 0 unspecified atom stereocenters. The van der Waals surface area contributed by atoms with Crippen LogP contribution >= 0.6 is 11.6 Å². The Hall–Kier alpha value is -2.02. The molecule has 0 radical (unpaired) electrons. The Morgan fingerprint density at radius 3 is 2.95 bits per heavy atom. The SMILES string of the molecule is CCC[C@@H](NC(=O)Cc1ccc(F)cc1Cl)c1nn[nH]n1. The third-order valence-corrected chi connectivity index (χ3v) is 3.30. The molecule has 8 heteroatoms. The third-order valence-electron chi connectivity index (χ3n) is 2.95. The molecule has 2 N–H and O–H groups in total. The molecule has 0 aliphatic heterocycles. The number of nitrogens with zero attached hydrogens (tertiary/aromatic N) is 3. The first-order chi connectivity index (χ1) is 10.1. The molecule has 0 aliphatic carbocycles. The average molecular weight is 312 g/mol. The minimum Gasteiger partial charge on any atom is -0.346 e. The summed E-state index contributed by atoms with van der Waals surface area (Å²) >= 11 is 5.91. The van der Waals surface area contributed by atoms with Gasteiger partial charge in [0.25, 0.3) is 0 Å². The lowest BCUT2D eigenvalue weighted by atomic mass is 10.1. The van der Waals surface area contributed by atoms with Gasteiger partial charge in [-0.2, -0.15) is 5.21 Å². The molecule has 0 saturated heterocycles. The summed E-state index contributed by atoms with van der Waals surface area (Å²) in [7, 11) is 0. The lowest BCUT2D eigenvalue weighted by Crippen LogP contribution is -2.30. The molecule has 1 heterocycles. The molecule has 6 nitrogen and oxygen atoms in total. The van der Waals surface area contributed by atoms with Crippen molar-refractivity contribution in [2.24, 2.45) is 0 Å². The molecule has 1 amide bonds.